The van der Waals surface area contributed by atoms with E-state index in [0.29, 0.717) is 12.3 Å². The van der Waals surface area contributed by atoms with Crippen LogP contribution < -0.4 is 0 Å². The topological polar surface area (TPSA) is 31.2 Å². The SMILES string of the molecule is CCOC(=O)c1c(-c2cccs2)c(-c2ccccc2)cn1C. The molecule has 3 rings (SSSR count). The Morgan fingerprint density at radius 3 is 2.59 bits per heavy atom. The van der Waals surface area contributed by atoms with Crippen molar-refractivity contribution in [3.05, 3.63) is 59.7 Å². The van der Waals surface area contributed by atoms with Crippen LogP contribution in [0.1, 0.15) is 17.4 Å². The maximum absolute atomic E-state index is 12.4. The van der Waals surface area contributed by atoms with Crippen molar-refractivity contribution in [1.29, 1.82) is 0 Å². The van der Waals surface area contributed by atoms with Gasteiger partial charge in [0, 0.05) is 29.2 Å². The summed E-state index contributed by atoms with van der Waals surface area (Å²) in [5.41, 5.74) is 3.69. The van der Waals surface area contributed by atoms with E-state index >= 15 is 0 Å². The van der Waals surface area contributed by atoms with E-state index < -0.39 is 0 Å². The average Bonchev–Trinajstić information content (AvgIpc) is 3.15. The van der Waals surface area contributed by atoms with Crippen LogP contribution in [0.2, 0.25) is 0 Å². The van der Waals surface area contributed by atoms with E-state index in [9.17, 15) is 4.79 Å². The molecule has 0 fully saturated rings. The molecule has 4 heteroatoms. The van der Waals surface area contributed by atoms with E-state index in [0.717, 1.165) is 21.6 Å². The van der Waals surface area contributed by atoms with Gasteiger partial charge in [0.1, 0.15) is 5.69 Å². The number of thiophene rings is 1. The van der Waals surface area contributed by atoms with E-state index in [1.807, 2.05) is 60.4 Å². The molecule has 2 heterocycles. The predicted octanol–water partition coefficient (Wildman–Crippen LogP) is 4.60. The Morgan fingerprint density at radius 2 is 1.95 bits per heavy atom. The van der Waals surface area contributed by atoms with Gasteiger partial charge in [0.2, 0.25) is 0 Å². The van der Waals surface area contributed by atoms with Gasteiger partial charge in [-0.2, -0.15) is 0 Å². The Balaban J connectivity index is 2.24. The quantitative estimate of drug-likeness (QED) is 0.660. The molecule has 0 saturated heterocycles. The highest BCUT2D eigenvalue weighted by molar-refractivity contribution is 7.13. The number of nitrogens with zero attached hydrogens (tertiary/aromatic N) is 1. The first kappa shape index (κ1) is 14.6. The molecule has 112 valence electrons. The van der Waals surface area contributed by atoms with Crippen LogP contribution in [-0.4, -0.2) is 17.1 Å². The molecule has 0 aliphatic heterocycles. The minimum absolute atomic E-state index is 0.282. The maximum Gasteiger partial charge on any atom is 0.355 e. The number of benzene rings is 1. The molecule has 0 aliphatic carbocycles. The molecule has 0 saturated carbocycles. The Morgan fingerprint density at radius 1 is 1.18 bits per heavy atom. The van der Waals surface area contributed by atoms with Crippen molar-refractivity contribution in [3.8, 4) is 21.6 Å². The number of aryl methyl sites for hydroxylation is 1. The van der Waals surface area contributed by atoms with E-state index in [2.05, 4.69) is 12.1 Å². The first-order chi connectivity index (χ1) is 10.7. The van der Waals surface area contributed by atoms with Crippen LogP contribution in [0.5, 0.6) is 0 Å². The lowest BCUT2D eigenvalue weighted by Crippen LogP contribution is -2.10. The van der Waals surface area contributed by atoms with Crippen molar-refractivity contribution in [2.45, 2.75) is 6.92 Å². The van der Waals surface area contributed by atoms with Crippen LogP contribution in [-0.2, 0) is 11.8 Å². The standard InChI is InChI=1S/C18H17NO2S/c1-3-21-18(20)17-16(15-10-7-11-22-15)14(12-19(17)2)13-8-5-4-6-9-13/h4-12H,3H2,1-2H3. The first-order valence-corrected chi connectivity index (χ1v) is 8.06. The monoisotopic (exact) mass is 311 g/mol. The summed E-state index contributed by atoms with van der Waals surface area (Å²) >= 11 is 1.63. The van der Waals surface area contributed by atoms with Gasteiger partial charge in [-0.25, -0.2) is 4.79 Å². The van der Waals surface area contributed by atoms with Gasteiger partial charge in [-0.1, -0.05) is 36.4 Å². The third kappa shape index (κ3) is 2.57. The normalized spacial score (nSPS) is 10.6. The summed E-state index contributed by atoms with van der Waals surface area (Å²) in [5, 5.41) is 2.02. The molecular formula is C18H17NO2S. The van der Waals surface area contributed by atoms with Crippen LogP contribution in [0.4, 0.5) is 0 Å². The Kier molecular flexibility index (Phi) is 4.11. The molecule has 3 aromatic rings. The van der Waals surface area contributed by atoms with Gasteiger partial charge in [-0.15, -0.1) is 11.3 Å². The summed E-state index contributed by atoms with van der Waals surface area (Å²) < 4.78 is 7.10. The van der Waals surface area contributed by atoms with Gasteiger partial charge >= 0.3 is 5.97 Å². The third-order valence-corrected chi connectivity index (χ3v) is 4.39. The van der Waals surface area contributed by atoms with Crippen molar-refractivity contribution >= 4 is 17.3 Å². The van der Waals surface area contributed by atoms with E-state index in [-0.39, 0.29) is 5.97 Å². The average molecular weight is 311 g/mol. The van der Waals surface area contributed by atoms with Gasteiger partial charge < -0.3 is 9.30 Å². The molecule has 3 nitrogen and oxygen atoms in total. The molecule has 0 aliphatic rings. The summed E-state index contributed by atoms with van der Waals surface area (Å²) in [6, 6.07) is 14.1. The highest BCUT2D eigenvalue weighted by Crippen LogP contribution is 2.38. The van der Waals surface area contributed by atoms with Gasteiger partial charge in [0.25, 0.3) is 0 Å². The van der Waals surface area contributed by atoms with Crippen molar-refractivity contribution in [3.63, 3.8) is 0 Å². The van der Waals surface area contributed by atoms with Gasteiger partial charge in [0.15, 0.2) is 0 Å². The maximum atomic E-state index is 12.4. The number of aromatic nitrogens is 1. The molecular weight excluding hydrogens is 294 g/mol. The molecule has 0 amide bonds. The second-order valence-electron chi connectivity index (χ2n) is 4.94. The second kappa shape index (κ2) is 6.20. The Bertz CT molecular complexity index is 773. The van der Waals surface area contributed by atoms with E-state index in [4.69, 9.17) is 4.74 Å². The Labute approximate surface area is 133 Å². The summed E-state index contributed by atoms with van der Waals surface area (Å²) in [5.74, 6) is -0.282. The van der Waals surface area contributed by atoms with Crippen LogP contribution >= 0.6 is 11.3 Å². The minimum Gasteiger partial charge on any atom is -0.461 e. The number of carbonyl (C=O) groups excluding carboxylic acids is 1. The highest BCUT2D eigenvalue weighted by atomic mass is 32.1. The van der Waals surface area contributed by atoms with Gasteiger partial charge in [-0.05, 0) is 23.9 Å². The summed E-state index contributed by atoms with van der Waals surface area (Å²) in [7, 11) is 1.88. The fourth-order valence-corrected chi connectivity index (χ4v) is 3.36. The smallest absolute Gasteiger partial charge is 0.355 e. The van der Waals surface area contributed by atoms with Crippen molar-refractivity contribution in [2.75, 3.05) is 6.61 Å². The zero-order chi connectivity index (χ0) is 15.5. The molecule has 0 bridgehead atoms. The van der Waals surface area contributed by atoms with Crippen molar-refractivity contribution < 1.29 is 9.53 Å². The summed E-state index contributed by atoms with van der Waals surface area (Å²) in [6.07, 6.45) is 2.00. The van der Waals surface area contributed by atoms with Crippen LogP contribution in [0.25, 0.3) is 21.6 Å². The molecule has 1 aromatic carbocycles. The number of hydrogen-bond acceptors (Lipinski definition) is 3. The van der Waals surface area contributed by atoms with Gasteiger partial charge in [-0.3, -0.25) is 0 Å². The summed E-state index contributed by atoms with van der Waals surface area (Å²) in [4.78, 5) is 13.5. The highest BCUT2D eigenvalue weighted by Gasteiger charge is 2.23. The number of hydrogen-bond donors (Lipinski definition) is 0. The van der Waals surface area contributed by atoms with E-state index in [1.165, 1.54) is 0 Å². The van der Waals surface area contributed by atoms with Crippen LogP contribution in [0.3, 0.4) is 0 Å². The third-order valence-electron chi connectivity index (χ3n) is 3.50. The largest absolute Gasteiger partial charge is 0.461 e. The van der Waals surface area contributed by atoms with Crippen LogP contribution in [0.15, 0.2) is 54.0 Å². The molecule has 0 radical (unpaired) electrons. The fraction of sp³-hybridized carbons (Fsp3) is 0.167. The lowest BCUT2D eigenvalue weighted by molar-refractivity contribution is 0.0516. The number of rotatable bonds is 4. The minimum atomic E-state index is -0.282. The zero-order valence-electron chi connectivity index (χ0n) is 12.6. The van der Waals surface area contributed by atoms with Crippen LogP contribution in [0, 0.1) is 0 Å². The Hall–Kier alpha value is -2.33. The number of ether oxygens (including phenoxy) is 1. The molecule has 0 atom stereocenters. The van der Waals surface area contributed by atoms with Crippen molar-refractivity contribution in [2.24, 2.45) is 7.05 Å². The molecule has 22 heavy (non-hydrogen) atoms. The van der Waals surface area contributed by atoms with Gasteiger partial charge in [0.05, 0.1) is 6.61 Å². The summed E-state index contributed by atoms with van der Waals surface area (Å²) in [6.45, 7) is 2.19. The molecule has 0 unspecified atom stereocenters. The predicted molar refractivity (Wildman–Crippen MR) is 90.1 cm³/mol. The number of carbonyl (C=O) groups is 1. The molecule has 0 spiro atoms. The van der Waals surface area contributed by atoms with E-state index in [1.54, 1.807) is 11.3 Å². The second-order valence-corrected chi connectivity index (χ2v) is 5.89. The lowest BCUT2D eigenvalue weighted by Gasteiger charge is -2.07. The number of esters is 1. The molecule has 2 aromatic heterocycles. The van der Waals surface area contributed by atoms with Crippen molar-refractivity contribution in [1.82, 2.24) is 4.57 Å². The first-order valence-electron chi connectivity index (χ1n) is 7.18. The molecule has 0 N–H and O–H groups in total. The zero-order valence-corrected chi connectivity index (χ0v) is 13.4. The lowest BCUT2D eigenvalue weighted by atomic mass is 10.0. The fourth-order valence-electron chi connectivity index (χ4n) is 2.58.